The minimum absolute atomic E-state index is 0.108. The van der Waals surface area contributed by atoms with Crippen LogP contribution >= 0.6 is 11.6 Å². The smallest absolute Gasteiger partial charge is 0.326 e. The second kappa shape index (κ2) is 8.78. The first-order chi connectivity index (χ1) is 15.9. The minimum Gasteiger partial charge on any atom is -0.365 e. The maximum absolute atomic E-state index is 13.5. The number of carbonyl (C=O) groups excluding carboxylic acids is 2. The molecule has 2 aliphatic heterocycles. The van der Waals surface area contributed by atoms with Gasteiger partial charge in [0.05, 0.1) is 18.1 Å². The van der Waals surface area contributed by atoms with Crippen LogP contribution in [-0.2, 0) is 4.79 Å². The summed E-state index contributed by atoms with van der Waals surface area (Å²) in [6, 6.07) is 10.9. The molecule has 2 aliphatic rings. The molecule has 2 saturated heterocycles. The Morgan fingerprint density at radius 1 is 1.09 bits per heavy atom. The zero-order valence-corrected chi connectivity index (χ0v) is 18.6. The van der Waals surface area contributed by atoms with E-state index in [0.29, 0.717) is 5.02 Å². The number of piperidine rings is 1. The molecule has 0 bridgehead atoms. The van der Waals surface area contributed by atoms with Gasteiger partial charge in [0.2, 0.25) is 6.23 Å². The van der Waals surface area contributed by atoms with Crippen molar-refractivity contribution >= 4 is 34.4 Å². The summed E-state index contributed by atoms with van der Waals surface area (Å²) in [5.41, 5.74) is 2.60. The van der Waals surface area contributed by atoms with E-state index in [2.05, 4.69) is 10.2 Å². The molecule has 0 radical (unpaired) electrons. The van der Waals surface area contributed by atoms with Crippen molar-refractivity contribution in [2.75, 3.05) is 19.6 Å². The Morgan fingerprint density at radius 2 is 1.82 bits per heavy atom. The topological polar surface area (TPSA) is 77.8 Å². The van der Waals surface area contributed by atoms with E-state index in [1.807, 2.05) is 22.9 Å². The number of likely N-dealkylation sites (tertiary alicyclic amines) is 1. The summed E-state index contributed by atoms with van der Waals surface area (Å²) in [5, 5.41) is 13.6. The predicted octanol–water partition coefficient (Wildman–Crippen LogP) is 3.82. The van der Waals surface area contributed by atoms with E-state index >= 15 is 0 Å². The normalized spacial score (nSPS) is 20.5. The van der Waals surface area contributed by atoms with Gasteiger partial charge in [-0.3, -0.25) is 14.6 Å². The van der Waals surface area contributed by atoms with Gasteiger partial charge in [0, 0.05) is 22.3 Å². The van der Waals surface area contributed by atoms with Crippen LogP contribution in [0.4, 0.5) is 9.18 Å². The van der Waals surface area contributed by atoms with Crippen LogP contribution in [0, 0.1) is 5.82 Å². The summed E-state index contributed by atoms with van der Waals surface area (Å²) in [6.07, 6.45) is 3.64. The summed E-state index contributed by atoms with van der Waals surface area (Å²) >= 11 is 6.36. The Morgan fingerprint density at radius 3 is 2.48 bits per heavy atom. The van der Waals surface area contributed by atoms with E-state index in [-0.39, 0.29) is 18.4 Å². The lowest BCUT2D eigenvalue weighted by atomic mass is 10.0. The Labute approximate surface area is 195 Å². The summed E-state index contributed by atoms with van der Waals surface area (Å²) < 4.78 is 15.5. The highest BCUT2D eigenvalue weighted by atomic mass is 35.5. The molecule has 2 aromatic carbocycles. The number of amides is 3. The van der Waals surface area contributed by atoms with E-state index in [9.17, 15) is 19.1 Å². The third-order valence-corrected chi connectivity index (χ3v) is 6.69. The lowest BCUT2D eigenvalue weighted by Gasteiger charge is -2.36. The molecule has 2 atom stereocenters. The van der Waals surface area contributed by atoms with Gasteiger partial charge in [-0.1, -0.05) is 18.0 Å². The third kappa shape index (κ3) is 4.10. The van der Waals surface area contributed by atoms with Crippen LogP contribution in [0.25, 0.3) is 16.6 Å². The maximum atomic E-state index is 13.5. The molecule has 33 heavy (non-hydrogen) atoms. The molecule has 7 nitrogen and oxygen atoms in total. The highest BCUT2D eigenvalue weighted by Gasteiger charge is 2.40. The van der Waals surface area contributed by atoms with Gasteiger partial charge in [-0.15, -0.1) is 0 Å². The maximum Gasteiger partial charge on any atom is 0.326 e. The number of nitrogens with zero attached hydrogens (tertiary/aromatic N) is 3. The van der Waals surface area contributed by atoms with Gasteiger partial charge in [0.25, 0.3) is 5.91 Å². The molecule has 2 fully saturated rings. The first-order valence-corrected chi connectivity index (χ1v) is 11.4. The van der Waals surface area contributed by atoms with E-state index in [1.165, 1.54) is 12.1 Å². The lowest BCUT2D eigenvalue weighted by molar-refractivity contribution is -0.134. The first kappa shape index (κ1) is 21.9. The molecule has 3 aromatic rings. The molecule has 5 rings (SSSR count). The number of benzene rings is 2. The highest BCUT2D eigenvalue weighted by molar-refractivity contribution is 6.31. The average Bonchev–Trinajstić information content (AvgIpc) is 3.29. The fourth-order valence-electron chi connectivity index (χ4n) is 4.80. The number of hydrogen-bond acceptors (Lipinski definition) is 4. The Hall–Kier alpha value is -2.94. The number of hydrogen-bond donors (Lipinski definition) is 2. The number of aromatic nitrogens is 1. The van der Waals surface area contributed by atoms with Gasteiger partial charge in [0.1, 0.15) is 5.82 Å². The second-order valence-electron chi connectivity index (χ2n) is 8.51. The molecular weight excluding hydrogens is 447 g/mol. The average molecular weight is 471 g/mol. The standard InChI is InChI=1S/C24H24ClFN4O3/c25-15-4-9-20-18(12-15)19(13-29(20)17-7-5-16(26)6-8-17)21(28-10-2-1-3-11-28)14-30-23(32)22(31)27-24(30)33/h4-9,12-13,21-22,31H,1-3,10-11,14H2,(H,27,33). The fraction of sp³-hybridized carbons (Fsp3) is 0.333. The van der Waals surface area contributed by atoms with Gasteiger partial charge in [0.15, 0.2) is 0 Å². The molecule has 3 heterocycles. The van der Waals surface area contributed by atoms with Crippen molar-refractivity contribution < 1.29 is 19.1 Å². The largest absolute Gasteiger partial charge is 0.365 e. The zero-order chi connectivity index (χ0) is 23.1. The number of aliphatic hydroxyl groups excluding tert-OH is 1. The van der Waals surface area contributed by atoms with E-state index < -0.39 is 18.2 Å². The van der Waals surface area contributed by atoms with Crippen molar-refractivity contribution in [2.24, 2.45) is 0 Å². The number of rotatable bonds is 5. The fourth-order valence-corrected chi connectivity index (χ4v) is 4.97. The van der Waals surface area contributed by atoms with Crippen LogP contribution < -0.4 is 5.32 Å². The Balaban J connectivity index is 1.63. The summed E-state index contributed by atoms with van der Waals surface area (Å²) in [7, 11) is 0. The number of aliphatic hydroxyl groups is 1. The molecule has 3 amide bonds. The SMILES string of the molecule is O=C1NC(O)C(=O)N1CC(c1cn(-c2ccc(F)cc2)c2ccc(Cl)cc12)N1CCCCC1. The highest BCUT2D eigenvalue weighted by Crippen LogP contribution is 2.36. The van der Waals surface area contributed by atoms with Crippen LogP contribution in [0.2, 0.25) is 5.02 Å². The van der Waals surface area contributed by atoms with E-state index in [4.69, 9.17) is 11.6 Å². The van der Waals surface area contributed by atoms with Gasteiger partial charge >= 0.3 is 6.03 Å². The quantitative estimate of drug-likeness (QED) is 0.556. The molecule has 2 unspecified atom stereocenters. The second-order valence-corrected chi connectivity index (χ2v) is 8.94. The van der Waals surface area contributed by atoms with Gasteiger partial charge < -0.3 is 15.0 Å². The van der Waals surface area contributed by atoms with Crippen LogP contribution in [0.3, 0.4) is 0 Å². The molecule has 172 valence electrons. The van der Waals surface area contributed by atoms with Crippen LogP contribution in [-0.4, -0.2) is 57.3 Å². The lowest BCUT2D eigenvalue weighted by Crippen LogP contribution is -2.43. The minimum atomic E-state index is -1.52. The third-order valence-electron chi connectivity index (χ3n) is 6.45. The van der Waals surface area contributed by atoms with Crippen LogP contribution in [0.15, 0.2) is 48.7 Å². The molecule has 0 aliphatic carbocycles. The number of imide groups is 1. The zero-order valence-electron chi connectivity index (χ0n) is 17.9. The Bertz CT molecular complexity index is 1210. The molecule has 0 saturated carbocycles. The first-order valence-electron chi connectivity index (χ1n) is 11.0. The van der Waals surface area contributed by atoms with Gasteiger partial charge in [-0.25, -0.2) is 9.18 Å². The molecule has 2 N–H and O–H groups in total. The Kier molecular flexibility index (Phi) is 5.82. The van der Waals surface area contributed by atoms with Crippen LogP contribution in [0.1, 0.15) is 30.9 Å². The van der Waals surface area contributed by atoms with Crippen LogP contribution in [0.5, 0.6) is 0 Å². The van der Waals surface area contributed by atoms with Gasteiger partial charge in [-0.2, -0.15) is 0 Å². The summed E-state index contributed by atoms with van der Waals surface area (Å²) in [4.78, 5) is 28.2. The van der Waals surface area contributed by atoms with Crippen molar-refractivity contribution in [2.45, 2.75) is 31.5 Å². The van der Waals surface area contributed by atoms with Crippen molar-refractivity contribution in [3.63, 3.8) is 0 Å². The van der Waals surface area contributed by atoms with Crippen molar-refractivity contribution in [1.82, 2.24) is 19.7 Å². The van der Waals surface area contributed by atoms with E-state index in [1.54, 1.807) is 18.2 Å². The monoisotopic (exact) mass is 470 g/mol. The van der Waals surface area contributed by atoms with E-state index in [0.717, 1.165) is 59.4 Å². The van der Waals surface area contributed by atoms with Gasteiger partial charge in [-0.05, 0) is 74.0 Å². The molecular formula is C24H24ClFN4O3. The molecule has 0 spiro atoms. The summed E-state index contributed by atoms with van der Waals surface area (Å²) in [5.74, 6) is -0.968. The van der Waals surface area contributed by atoms with Crippen molar-refractivity contribution in [3.05, 3.63) is 65.1 Å². The molecule has 9 heteroatoms. The molecule has 1 aromatic heterocycles. The number of urea groups is 1. The number of nitrogens with one attached hydrogen (secondary N) is 1. The van der Waals surface area contributed by atoms with Crippen molar-refractivity contribution in [1.29, 1.82) is 0 Å². The predicted molar refractivity (Wildman–Crippen MR) is 123 cm³/mol. The number of halogens is 2. The number of fused-ring (bicyclic) bond motifs is 1. The summed E-state index contributed by atoms with van der Waals surface area (Å²) in [6.45, 7) is 1.78. The van der Waals surface area contributed by atoms with Crippen molar-refractivity contribution in [3.8, 4) is 5.69 Å². The number of carbonyl (C=O) groups is 2.